The van der Waals surface area contributed by atoms with Crippen molar-refractivity contribution in [3.05, 3.63) is 0 Å². The van der Waals surface area contributed by atoms with Gasteiger partial charge in [-0.05, 0) is 39.5 Å². The number of halogens is 1. The topological polar surface area (TPSA) is 56.7 Å². The molecule has 1 saturated carbocycles. The molecule has 2 atom stereocenters. The number of carbonyl (C=O) groups excluding carboxylic acids is 1. The van der Waals surface area contributed by atoms with Gasteiger partial charge in [-0.3, -0.25) is 9.79 Å². The highest BCUT2D eigenvalue weighted by Crippen LogP contribution is 2.34. The fraction of sp³-hybridized carbons (Fsp3) is 0.875. The Bertz CT molecular complexity index is 345. The van der Waals surface area contributed by atoms with E-state index in [4.69, 9.17) is 0 Å². The second kappa shape index (κ2) is 12.0. The maximum absolute atomic E-state index is 11.9. The molecule has 1 amide bonds. The summed E-state index contributed by atoms with van der Waals surface area (Å²) in [5, 5.41) is 6.73. The van der Waals surface area contributed by atoms with Crippen LogP contribution in [0.15, 0.2) is 4.99 Å². The van der Waals surface area contributed by atoms with E-state index in [1.807, 2.05) is 18.7 Å². The van der Waals surface area contributed by atoms with E-state index in [0.29, 0.717) is 19.0 Å². The Balaban J connectivity index is 0.00000441. The highest BCUT2D eigenvalue weighted by Gasteiger charge is 2.36. The normalized spacial score (nSPS) is 20.1. The highest BCUT2D eigenvalue weighted by atomic mass is 127. The molecule has 0 saturated heterocycles. The lowest BCUT2D eigenvalue weighted by molar-refractivity contribution is -0.130. The zero-order valence-corrected chi connectivity index (χ0v) is 16.9. The van der Waals surface area contributed by atoms with Crippen LogP contribution < -0.4 is 10.6 Å². The van der Waals surface area contributed by atoms with Crippen LogP contribution >= 0.6 is 24.0 Å². The van der Waals surface area contributed by atoms with E-state index in [9.17, 15) is 4.79 Å². The van der Waals surface area contributed by atoms with Crippen LogP contribution in [0.4, 0.5) is 0 Å². The average molecular weight is 424 g/mol. The molecule has 1 aliphatic carbocycles. The van der Waals surface area contributed by atoms with E-state index in [2.05, 4.69) is 29.5 Å². The molecule has 1 fully saturated rings. The lowest BCUT2D eigenvalue weighted by Gasteiger charge is -2.18. The van der Waals surface area contributed by atoms with Gasteiger partial charge in [0.15, 0.2) is 5.96 Å². The molecule has 0 aromatic carbocycles. The van der Waals surface area contributed by atoms with Crippen LogP contribution in [-0.4, -0.2) is 49.0 Å². The van der Waals surface area contributed by atoms with Crippen LogP contribution in [-0.2, 0) is 4.79 Å². The molecule has 130 valence electrons. The van der Waals surface area contributed by atoms with Crippen molar-refractivity contribution < 1.29 is 4.79 Å². The molecule has 0 aromatic rings. The number of hydrogen-bond acceptors (Lipinski definition) is 2. The first-order valence-corrected chi connectivity index (χ1v) is 8.48. The summed E-state index contributed by atoms with van der Waals surface area (Å²) in [4.78, 5) is 18.3. The fourth-order valence-corrected chi connectivity index (χ4v) is 2.61. The molecule has 2 unspecified atom stereocenters. The van der Waals surface area contributed by atoms with Crippen LogP contribution in [0, 0.1) is 5.92 Å². The minimum Gasteiger partial charge on any atom is -0.357 e. The first-order valence-electron chi connectivity index (χ1n) is 8.48. The molecule has 22 heavy (non-hydrogen) atoms. The van der Waals surface area contributed by atoms with Crippen molar-refractivity contribution in [1.82, 2.24) is 15.5 Å². The molecular weight excluding hydrogens is 391 g/mol. The summed E-state index contributed by atoms with van der Waals surface area (Å²) in [6.45, 7) is 11.3. The minimum atomic E-state index is 0. The third kappa shape index (κ3) is 7.65. The van der Waals surface area contributed by atoms with Crippen LogP contribution in [0.5, 0.6) is 0 Å². The first-order chi connectivity index (χ1) is 10.2. The van der Waals surface area contributed by atoms with Gasteiger partial charge in [0, 0.05) is 32.1 Å². The van der Waals surface area contributed by atoms with Crippen molar-refractivity contribution in [1.29, 1.82) is 0 Å². The van der Waals surface area contributed by atoms with Gasteiger partial charge in [-0.15, -0.1) is 24.0 Å². The molecule has 0 spiro atoms. The van der Waals surface area contributed by atoms with E-state index in [0.717, 1.165) is 31.5 Å². The fourth-order valence-electron chi connectivity index (χ4n) is 2.61. The van der Waals surface area contributed by atoms with Gasteiger partial charge in [0.2, 0.25) is 5.91 Å². The molecular formula is C16H33IN4O. The Morgan fingerprint density at radius 3 is 2.45 bits per heavy atom. The zero-order chi connectivity index (χ0) is 15.7. The van der Waals surface area contributed by atoms with Gasteiger partial charge in [0.25, 0.3) is 0 Å². The molecule has 0 aliphatic heterocycles. The third-order valence-electron chi connectivity index (χ3n) is 3.96. The smallest absolute Gasteiger partial charge is 0.224 e. The Labute approximate surface area is 152 Å². The van der Waals surface area contributed by atoms with Crippen molar-refractivity contribution in [3.63, 3.8) is 0 Å². The van der Waals surface area contributed by atoms with Crippen LogP contribution in [0.2, 0.25) is 0 Å². The van der Waals surface area contributed by atoms with Crippen molar-refractivity contribution >= 4 is 35.8 Å². The highest BCUT2D eigenvalue weighted by molar-refractivity contribution is 14.0. The van der Waals surface area contributed by atoms with E-state index >= 15 is 0 Å². The average Bonchev–Trinajstić information content (AvgIpc) is 3.18. The molecule has 0 aromatic heterocycles. The number of aliphatic imine (C=N–C) groups is 1. The minimum absolute atomic E-state index is 0. The maximum Gasteiger partial charge on any atom is 0.224 e. The first kappa shape index (κ1) is 21.5. The van der Waals surface area contributed by atoms with Gasteiger partial charge in [0.1, 0.15) is 0 Å². The summed E-state index contributed by atoms with van der Waals surface area (Å²) in [6.07, 6.45) is 4.27. The van der Waals surface area contributed by atoms with Crippen LogP contribution in [0.3, 0.4) is 0 Å². The molecule has 5 nitrogen and oxygen atoms in total. The number of nitrogens with one attached hydrogen (secondary N) is 2. The lowest BCUT2D eigenvalue weighted by Crippen LogP contribution is -2.39. The van der Waals surface area contributed by atoms with Gasteiger partial charge >= 0.3 is 0 Å². The number of hydrogen-bond donors (Lipinski definition) is 2. The van der Waals surface area contributed by atoms with Crippen molar-refractivity contribution in [2.75, 3.05) is 26.2 Å². The predicted octanol–water partition coefficient (Wildman–Crippen LogP) is 2.61. The quantitative estimate of drug-likeness (QED) is 0.340. The second-order valence-electron chi connectivity index (χ2n) is 5.61. The van der Waals surface area contributed by atoms with Crippen molar-refractivity contribution in [2.24, 2.45) is 10.9 Å². The molecule has 0 heterocycles. The summed E-state index contributed by atoms with van der Waals surface area (Å²) in [5.41, 5.74) is 0. The SMILES string of the molecule is CCCC1CC1NC(=NCCC(=O)N(CC)CC)NCC.I. The molecule has 6 heteroatoms. The Morgan fingerprint density at radius 1 is 1.23 bits per heavy atom. The summed E-state index contributed by atoms with van der Waals surface area (Å²) >= 11 is 0. The van der Waals surface area contributed by atoms with E-state index in [-0.39, 0.29) is 29.9 Å². The number of nitrogens with zero attached hydrogens (tertiary/aromatic N) is 2. The number of rotatable bonds is 9. The Hall–Kier alpha value is -0.530. The Kier molecular flexibility index (Phi) is 11.7. The summed E-state index contributed by atoms with van der Waals surface area (Å²) in [6, 6.07) is 0.571. The second-order valence-corrected chi connectivity index (χ2v) is 5.61. The summed E-state index contributed by atoms with van der Waals surface area (Å²) in [5.74, 6) is 1.85. The largest absolute Gasteiger partial charge is 0.357 e. The predicted molar refractivity (Wildman–Crippen MR) is 104 cm³/mol. The van der Waals surface area contributed by atoms with Gasteiger partial charge < -0.3 is 15.5 Å². The summed E-state index contributed by atoms with van der Waals surface area (Å²) in [7, 11) is 0. The third-order valence-corrected chi connectivity index (χ3v) is 3.96. The maximum atomic E-state index is 11.9. The van der Waals surface area contributed by atoms with Crippen molar-refractivity contribution in [2.45, 2.75) is 59.4 Å². The molecule has 2 N–H and O–H groups in total. The zero-order valence-electron chi connectivity index (χ0n) is 14.5. The van der Waals surface area contributed by atoms with E-state index < -0.39 is 0 Å². The summed E-state index contributed by atoms with van der Waals surface area (Å²) < 4.78 is 0. The van der Waals surface area contributed by atoms with Crippen molar-refractivity contribution in [3.8, 4) is 0 Å². The van der Waals surface area contributed by atoms with E-state index in [1.54, 1.807) is 0 Å². The van der Waals surface area contributed by atoms with Gasteiger partial charge in [-0.2, -0.15) is 0 Å². The standard InChI is InChI=1S/C16H32N4O.HI/c1-5-9-13-12-14(13)19-16(17-6-2)18-11-10-15(21)20(7-3)8-4;/h13-14H,5-12H2,1-4H3,(H2,17,18,19);1H. The molecule has 0 radical (unpaired) electrons. The van der Waals surface area contributed by atoms with Gasteiger partial charge in [0.05, 0.1) is 6.54 Å². The van der Waals surface area contributed by atoms with E-state index in [1.165, 1.54) is 19.3 Å². The van der Waals surface area contributed by atoms with Gasteiger partial charge in [-0.25, -0.2) is 0 Å². The molecule has 1 rings (SSSR count). The Morgan fingerprint density at radius 2 is 1.91 bits per heavy atom. The van der Waals surface area contributed by atoms with Gasteiger partial charge in [-0.1, -0.05) is 13.3 Å². The van der Waals surface area contributed by atoms with Crippen LogP contribution in [0.25, 0.3) is 0 Å². The number of carbonyl (C=O) groups is 1. The number of amides is 1. The molecule has 1 aliphatic rings. The van der Waals surface area contributed by atoms with Crippen LogP contribution in [0.1, 0.15) is 53.4 Å². The lowest BCUT2D eigenvalue weighted by atomic mass is 10.2. The number of guanidine groups is 1. The monoisotopic (exact) mass is 424 g/mol. The molecule has 0 bridgehead atoms.